The highest BCUT2D eigenvalue weighted by atomic mass is 35.5. The highest BCUT2D eigenvalue weighted by Crippen LogP contribution is 2.24. The van der Waals surface area contributed by atoms with Crippen LogP contribution in [0.15, 0.2) is 6.20 Å². The first-order valence-electron chi connectivity index (χ1n) is 5.02. The normalized spacial score (nSPS) is 12.9. The number of ether oxygens (including phenoxy) is 1. The third-order valence-electron chi connectivity index (χ3n) is 1.65. The van der Waals surface area contributed by atoms with Gasteiger partial charge in [0.25, 0.3) is 0 Å². The summed E-state index contributed by atoms with van der Waals surface area (Å²) in [6.07, 6.45) is 0.509. The SMILES string of the molecule is CC(C)(C)OC(=O)NC(C(=O)O)c1ncc(Cl)s1. The van der Waals surface area contributed by atoms with E-state index in [-0.39, 0.29) is 5.01 Å². The zero-order valence-electron chi connectivity index (χ0n) is 10.1. The van der Waals surface area contributed by atoms with Gasteiger partial charge in [-0.1, -0.05) is 11.6 Å². The van der Waals surface area contributed by atoms with Crippen molar-refractivity contribution in [1.29, 1.82) is 0 Å². The molecular formula is C10H13ClN2O4S. The van der Waals surface area contributed by atoms with Crippen LogP contribution < -0.4 is 5.32 Å². The van der Waals surface area contributed by atoms with Gasteiger partial charge in [-0.25, -0.2) is 14.6 Å². The Morgan fingerprint density at radius 1 is 1.56 bits per heavy atom. The van der Waals surface area contributed by atoms with Gasteiger partial charge in [0.2, 0.25) is 0 Å². The minimum absolute atomic E-state index is 0.193. The second-order valence-electron chi connectivity index (χ2n) is 4.42. The van der Waals surface area contributed by atoms with E-state index in [1.165, 1.54) is 6.20 Å². The largest absolute Gasteiger partial charge is 0.479 e. The van der Waals surface area contributed by atoms with Gasteiger partial charge in [-0.2, -0.15) is 0 Å². The molecule has 0 aromatic carbocycles. The van der Waals surface area contributed by atoms with Gasteiger partial charge < -0.3 is 15.2 Å². The highest BCUT2D eigenvalue weighted by molar-refractivity contribution is 7.16. The number of hydrogen-bond donors (Lipinski definition) is 2. The number of carboxylic acid groups (broad SMARTS) is 1. The number of aliphatic carboxylic acids is 1. The highest BCUT2D eigenvalue weighted by Gasteiger charge is 2.27. The molecule has 0 aliphatic heterocycles. The van der Waals surface area contributed by atoms with Crippen LogP contribution in [-0.4, -0.2) is 27.8 Å². The molecule has 2 N–H and O–H groups in total. The van der Waals surface area contributed by atoms with Gasteiger partial charge in [-0.05, 0) is 20.8 Å². The van der Waals surface area contributed by atoms with E-state index in [9.17, 15) is 9.59 Å². The van der Waals surface area contributed by atoms with Gasteiger partial charge in [0.1, 0.15) is 14.9 Å². The van der Waals surface area contributed by atoms with Crippen molar-refractivity contribution in [1.82, 2.24) is 10.3 Å². The molecule has 1 atom stereocenters. The number of halogens is 1. The predicted octanol–water partition coefficient (Wildman–Crippen LogP) is 2.45. The summed E-state index contributed by atoms with van der Waals surface area (Å²) in [5, 5.41) is 11.5. The number of aromatic nitrogens is 1. The Bertz CT molecular complexity index is 455. The Hall–Kier alpha value is -1.34. The molecular weight excluding hydrogens is 280 g/mol. The third kappa shape index (κ3) is 4.50. The Morgan fingerprint density at radius 2 is 2.17 bits per heavy atom. The number of carbonyl (C=O) groups is 2. The van der Waals surface area contributed by atoms with Gasteiger partial charge in [-0.15, -0.1) is 11.3 Å². The minimum atomic E-state index is -1.27. The number of carbonyl (C=O) groups excluding carboxylic acids is 1. The molecule has 8 heteroatoms. The molecule has 0 spiro atoms. The van der Waals surface area contributed by atoms with Crippen molar-refractivity contribution >= 4 is 35.0 Å². The Balaban J connectivity index is 2.76. The number of alkyl carbamates (subject to hydrolysis) is 1. The van der Waals surface area contributed by atoms with Gasteiger partial charge in [0.05, 0.1) is 6.20 Å². The van der Waals surface area contributed by atoms with Crippen LogP contribution in [0, 0.1) is 0 Å². The second kappa shape index (κ2) is 5.53. The van der Waals surface area contributed by atoms with Crippen LogP contribution in [0.25, 0.3) is 0 Å². The Kier molecular flexibility index (Phi) is 4.53. The number of rotatable bonds is 3. The topological polar surface area (TPSA) is 88.5 Å². The fraction of sp³-hybridized carbons (Fsp3) is 0.500. The molecule has 1 aromatic heterocycles. The lowest BCUT2D eigenvalue weighted by Gasteiger charge is -2.21. The smallest absolute Gasteiger partial charge is 0.408 e. The minimum Gasteiger partial charge on any atom is -0.479 e. The monoisotopic (exact) mass is 292 g/mol. The molecule has 100 valence electrons. The number of hydrogen-bond acceptors (Lipinski definition) is 5. The molecule has 0 aliphatic rings. The quantitative estimate of drug-likeness (QED) is 0.893. The number of thiazole rings is 1. The molecule has 1 aromatic rings. The molecule has 0 fully saturated rings. The van der Waals surface area contributed by atoms with E-state index >= 15 is 0 Å². The van der Waals surface area contributed by atoms with E-state index in [0.717, 1.165) is 11.3 Å². The molecule has 0 saturated carbocycles. The predicted molar refractivity (Wildman–Crippen MR) is 66.9 cm³/mol. The van der Waals surface area contributed by atoms with Gasteiger partial charge in [0.15, 0.2) is 6.04 Å². The van der Waals surface area contributed by atoms with Crippen molar-refractivity contribution in [3.63, 3.8) is 0 Å². The van der Waals surface area contributed by atoms with Crippen molar-refractivity contribution in [2.75, 3.05) is 0 Å². The summed E-state index contributed by atoms with van der Waals surface area (Å²) in [5.41, 5.74) is -0.701. The fourth-order valence-electron chi connectivity index (χ4n) is 1.05. The number of nitrogens with one attached hydrogen (secondary N) is 1. The molecule has 1 unspecified atom stereocenters. The lowest BCUT2D eigenvalue weighted by atomic mass is 10.2. The summed E-state index contributed by atoms with van der Waals surface area (Å²) in [6, 6.07) is -1.27. The first kappa shape index (κ1) is 14.7. The van der Waals surface area contributed by atoms with E-state index < -0.39 is 23.7 Å². The van der Waals surface area contributed by atoms with E-state index in [1.807, 2.05) is 0 Å². The van der Waals surface area contributed by atoms with E-state index in [0.29, 0.717) is 4.34 Å². The lowest BCUT2D eigenvalue weighted by molar-refractivity contribution is -0.139. The molecule has 1 rings (SSSR count). The van der Waals surface area contributed by atoms with Crippen LogP contribution in [0.4, 0.5) is 4.79 Å². The van der Waals surface area contributed by atoms with Crippen molar-refractivity contribution in [3.8, 4) is 0 Å². The maximum Gasteiger partial charge on any atom is 0.408 e. The Morgan fingerprint density at radius 3 is 2.56 bits per heavy atom. The second-order valence-corrected chi connectivity index (χ2v) is 6.11. The summed E-state index contributed by atoms with van der Waals surface area (Å²) >= 11 is 6.66. The maximum absolute atomic E-state index is 11.5. The lowest BCUT2D eigenvalue weighted by Crippen LogP contribution is -2.38. The number of nitrogens with zero attached hydrogens (tertiary/aromatic N) is 1. The molecule has 0 aliphatic carbocycles. The van der Waals surface area contributed by atoms with Crippen LogP contribution >= 0.6 is 22.9 Å². The summed E-state index contributed by atoms with van der Waals surface area (Å²) in [6.45, 7) is 5.05. The van der Waals surface area contributed by atoms with E-state index in [1.54, 1.807) is 20.8 Å². The summed E-state index contributed by atoms with van der Waals surface area (Å²) in [7, 11) is 0. The molecule has 0 saturated heterocycles. The molecule has 1 heterocycles. The van der Waals surface area contributed by atoms with Gasteiger partial charge in [-0.3, -0.25) is 0 Å². The van der Waals surface area contributed by atoms with Crippen LogP contribution in [0.2, 0.25) is 4.34 Å². The first-order valence-corrected chi connectivity index (χ1v) is 6.22. The average molecular weight is 293 g/mol. The number of carboxylic acids is 1. The standard InChI is InChI=1S/C10H13ClN2O4S/c1-10(2,3)17-9(16)13-6(8(14)15)7-12-4-5(11)18-7/h4,6H,1-3H3,(H,13,16)(H,14,15). The summed E-state index contributed by atoms with van der Waals surface area (Å²) in [4.78, 5) is 26.4. The van der Waals surface area contributed by atoms with Crippen LogP contribution in [0.5, 0.6) is 0 Å². The van der Waals surface area contributed by atoms with Crippen LogP contribution in [-0.2, 0) is 9.53 Å². The van der Waals surface area contributed by atoms with E-state index in [4.69, 9.17) is 21.4 Å². The van der Waals surface area contributed by atoms with Gasteiger partial charge in [0, 0.05) is 0 Å². The third-order valence-corrected chi connectivity index (χ3v) is 2.83. The summed E-state index contributed by atoms with van der Waals surface area (Å²) in [5.74, 6) is -1.23. The van der Waals surface area contributed by atoms with Crippen molar-refractivity contribution in [2.45, 2.75) is 32.4 Å². The Labute approximate surface area is 113 Å². The van der Waals surface area contributed by atoms with Crippen LogP contribution in [0.1, 0.15) is 31.8 Å². The average Bonchev–Trinajstić information content (AvgIpc) is 2.57. The zero-order chi connectivity index (χ0) is 13.9. The first-order chi connectivity index (χ1) is 8.19. The van der Waals surface area contributed by atoms with Crippen LogP contribution in [0.3, 0.4) is 0 Å². The van der Waals surface area contributed by atoms with E-state index in [2.05, 4.69) is 10.3 Å². The maximum atomic E-state index is 11.5. The zero-order valence-corrected chi connectivity index (χ0v) is 11.6. The number of amides is 1. The molecule has 6 nitrogen and oxygen atoms in total. The molecule has 0 radical (unpaired) electrons. The van der Waals surface area contributed by atoms with Crippen molar-refractivity contribution in [3.05, 3.63) is 15.5 Å². The molecule has 0 bridgehead atoms. The van der Waals surface area contributed by atoms with Gasteiger partial charge >= 0.3 is 12.1 Å². The fourth-order valence-corrected chi connectivity index (χ4v) is 2.03. The molecule has 18 heavy (non-hydrogen) atoms. The van der Waals surface area contributed by atoms with Crippen molar-refractivity contribution < 1.29 is 19.4 Å². The van der Waals surface area contributed by atoms with Crippen molar-refractivity contribution in [2.24, 2.45) is 0 Å². The molecule has 1 amide bonds. The summed E-state index contributed by atoms with van der Waals surface area (Å²) < 4.78 is 5.33.